The number of rotatable bonds is 4. The monoisotopic (exact) mass is 252 g/mol. The van der Waals surface area contributed by atoms with Gasteiger partial charge >= 0.3 is 0 Å². The van der Waals surface area contributed by atoms with E-state index < -0.39 is 0 Å². The van der Waals surface area contributed by atoms with Crippen LogP contribution in [0, 0.1) is 0 Å². The largest absolute Gasteiger partial charge is 0.354 e. The van der Waals surface area contributed by atoms with Gasteiger partial charge in [-0.05, 0) is 37.1 Å². The van der Waals surface area contributed by atoms with Crippen molar-refractivity contribution in [2.24, 2.45) is 0 Å². The fraction of sp³-hybridized carbons (Fsp3) is 0.462. The number of amides is 1. The van der Waals surface area contributed by atoms with E-state index in [1.54, 1.807) is 0 Å². The Morgan fingerprint density at radius 3 is 3.12 bits per heavy atom. The maximum atomic E-state index is 11.7. The molecule has 1 atom stereocenters. The van der Waals surface area contributed by atoms with Gasteiger partial charge in [-0.25, -0.2) is 0 Å². The van der Waals surface area contributed by atoms with E-state index in [4.69, 9.17) is 11.6 Å². The first kappa shape index (κ1) is 12.4. The minimum atomic E-state index is 0.0565. The normalized spacial score (nSPS) is 19.2. The SMILES string of the molecule is O=C(Cc1cccc(Cl)c1)NCC1CCCN1. The van der Waals surface area contributed by atoms with Crippen molar-refractivity contribution in [2.75, 3.05) is 13.1 Å². The first-order chi connectivity index (χ1) is 8.24. The fourth-order valence-corrected chi connectivity index (χ4v) is 2.28. The Kier molecular flexibility index (Phi) is 4.40. The summed E-state index contributed by atoms with van der Waals surface area (Å²) in [6.07, 6.45) is 2.75. The molecule has 1 saturated heterocycles. The van der Waals surface area contributed by atoms with E-state index in [0.29, 0.717) is 17.5 Å². The average molecular weight is 253 g/mol. The van der Waals surface area contributed by atoms with E-state index in [0.717, 1.165) is 25.1 Å². The molecule has 3 nitrogen and oxygen atoms in total. The smallest absolute Gasteiger partial charge is 0.224 e. The standard InChI is InChI=1S/C13H17ClN2O/c14-11-4-1-3-10(7-11)8-13(17)16-9-12-5-2-6-15-12/h1,3-4,7,12,15H,2,5-6,8-9H2,(H,16,17). The molecule has 0 bridgehead atoms. The lowest BCUT2D eigenvalue weighted by atomic mass is 10.1. The van der Waals surface area contributed by atoms with Gasteiger partial charge in [-0.1, -0.05) is 23.7 Å². The molecular weight excluding hydrogens is 236 g/mol. The van der Waals surface area contributed by atoms with Crippen LogP contribution in [-0.4, -0.2) is 25.0 Å². The number of hydrogen-bond acceptors (Lipinski definition) is 2. The van der Waals surface area contributed by atoms with E-state index in [1.165, 1.54) is 6.42 Å². The van der Waals surface area contributed by atoms with Gasteiger partial charge in [0.15, 0.2) is 0 Å². The zero-order valence-corrected chi connectivity index (χ0v) is 10.5. The Bertz CT molecular complexity index is 389. The summed E-state index contributed by atoms with van der Waals surface area (Å²) in [6.45, 7) is 1.79. The van der Waals surface area contributed by atoms with Crippen LogP contribution in [0.15, 0.2) is 24.3 Å². The van der Waals surface area contributed by atoms with Crippen LogP contribution >= 0.6 is 11.6 Å². The second kappa shape index (κ2) is 6.03. The van der Waals surface area contributed by atoms with Crippen molar-refractivity contribution >= 4 is 17.5 Å². The van der Waals surface area contributed by atoms with Crippen LogP contribution in [0.5, 0.6) is 0 Å². The molecule has 0 aromatic heterocycles. The lowest BCUT2D eigenvalue weighted by Crippen LogP contribution is -2.37. The summed E-state index contributed by atoms with van der Waals surface area (Å²) < 4.78 is 0. The van der Waals surface area contributed by atoms with Crippen LogP contribution < -0.4 is 10.6 Å². The summed E-state index contributed by atoms with van der Waals surface area (Å²) in [7, 11) is 0. The molecule has 0 radical (unpaired) electrons. The lowest BCUT2D eigenvalue weighted by Gasteiger charge is -2.11. The molecule has 1 aliphatic heterocycles. The van der Waals surface area contributed by atoms with Crippen LogP contribution in [0.3, 0.4) is 0 Å². The highest BCUT2D eigenvalue weighted by Gasteiger charge is 2.14. The van der Waals surface area contributed by atoms with Gasteiger partial charge in [-0.2, -0.15) is 0 Å². The third-order valence-corrected chi connectivity index (χ3v) is 3.20. The van der Waals surface area contributed by atoms with Gasteiger partial charge in [0.25, 0.3) is 0 Å². The summed E-state index contributed by atoms with van der Waals surface area (Å²) in [5, 5.41) is 6.97. The first-order valence-corrected chi connectivity index (χ1v) is 6.36. The van der Waals surface area contributed by atoms with Crippen LogP contribution in [0.4, 0.5) is 0 Å². The van der Waals surface area contributed by atoms with Crippen molar-refractivity contribution in [3.63, 3.8) is 0 Å². The van der Waals surface area contributed by atoms with Crippen LogP contribution in [0.25, 0.3) is 0 Å². The molecule has 1 aromatic carbocycles. The van der Waals surface area contributed by atoms with Crippen LogP contribution in [0.2, 0.25) is 5.02 Å². The minimum absolute atomic E-state index is 0.0565. The van der Waals surface area contributed by atoms with Gasteiger partial charge in [0.1, 0.15) is 0 Å². The highest BCUT2D eigenvalue weighted by Crippen LogP contribution is 2.11. The fourth-order valence-electron chi connectivity index (χ4n) is 2.06. The molecule has 1 heterocycles. The van der Waals surface area contributed by atoms with Gasteiger partial charge in [-0.15, -0.1) is 0 Å². The van der Waals surface area contributed by atoms with Crippen molar-refractivity contribution < 1.29 is 4.79 Å². The second-order valence-corrected chi connectivity index (χ2v) is 4.84. The minimum Gasteiger partial charge on any atom is -0.354 e. The topological polar surface area (TPSA) is 41.1 Å². The number of carbonyl (C=O) groups is 1. The molecule has 1 aliphatic rings. The van der Waals surface area contributed by atoms with Crippen LogP contribution in [-0.2, 0) is 11.2 Å². The van der Waals surface area contributed by atoms with Gasteiger partial charge in [0.05, 0.1) is 6.42 Å². The Morgan fingerprint density at radius 2 is 2.41 bits per heavy atom. The van der Waals surface area contributed by atoms with Gasteiger partial charge in [-0.3, -0.25) is 4.79 Å². The summed E-state index contributed by atoms with van der Waals surface area (Å²) in [6, 6.07) is 7.86. The van der Waals surface area contributed by atoms with Crippen molar-refractivity contribution in [3.8, 4) is 0 Å². The predicted octanol–water partition coefficient (Wildman–Crippen LogP) is 1.75. The maximum Gasteiger partial charge on any atom is 0.224 e. The summed E-state index contributed by atoms with van der Waals surface area (Å²) in [5.41, 5.74) is 0.953. The Hall–Kier alpha value is -1.06. The van der Waals surface area contributed by atoms with Gasteiger partial charge in [0, 0.05) is 17.6 Å². The molecule has 0 spiro atoms. The third-order valence-electron chi connectivity index (χ3n) is 2.96. The average Bonchev–Trinajstić information content (AvgIpc) is 2.79. The Balaban J connectivity index is 1.76. The molecule has 2 rings (SSSR count). The van der Waals surface area contributed by atoms with E-state index in [-0.39, 0.29) is 5.91 Å². The first-order valence-electron chi connectivity index (χ1n) is 5.98. The highest BCUT2D eigenvalue weighted by atomic mass is 35.5. The highest BCUT2D eigenvalue weighted by molar-refractivity contribution is 6.30. The predicted molar refractivity (Wildman–Crippen MR) is 69.2 cm³/mol. The van der Waals surface area contributed by atoms with Crippen molar-refractivity contribution in [3.05, 3.63) is 34.9 Å². The number of nitrogens with one attached hydrogen (secondary N) is 2. The molecule has 2 N–H and O–H groups in total. The summed E-state index contributed by atoms with van der Waals surface area (Å²) in [5.74, 6) is 0.0565. The summed E-state index contributed by atoms with van der Waals surface area (Å²) >= 11 is 5.87. The Labute approximate surface area is 107 Å². The maximum absolute atomic E-state index is 11.7. The number of hydrogen-bond donors (Lipinski definition) is 2. The molecule has 4 heteroatoms. The molecule has 1 aromatic rings. The molecular formula is C13H17ClN2O. The quantitative estimate of drug-likeness (QED) is 0.857. The van der Waals surface area contributed by atoms with Crippen LogP contribution in [0.1, 0.15) is 18.4 Å². The molecule has 17 heavy (non-hydrogen) atoms. The summed E-state index contributed by atoms with van der Waals surface area (Å²) in [4.78, 5) is 11.7. The number of carbonyl (C=O) groups excluding carboxylic acids is 1. The van der Waals surface area contributed by atoms with Crippen molar-refractivity contribution in [1.29, 1.82) is 0 Å². The molecule has 1 amide bonds. The Morgan fingerprint density at radius 1 is 1.53 bits per heavy atom. The zero-order chi connectivity index (χ0) is 12.1. The lowest BCUT2D eigenvalue weighted by molar-refractivity contribution is -0.120. The molecule has 0 aliphatic carbocycles. The van der Waals surface area contributed by atoms with E-state index >= 15 is 0 Å². The second-order valence-electron chi connectivity index (χ2n) is 4.40. The molecule has 1 unspecified atom stereocenters. The van der Waals surface area contributed by atoms with E-state index in [2.05, 4.69) is 10.6 Å². The van der Waals surface area contributed by atoms with Crippen molar-refractivity contribution in [2.45, 2.75) is 25.3 Å². The number of halogens is 1. The number of benzene rings is 1. The molecule has 0 saturated carbocycles. The molecule has 1 fully saturated rings. The third kappa shape index (κ3) is 4.02. The van der Waals surface area contributed by atoms with Crippen molar-refractivity contribution in [1.82, 2.24) is 10.6 Å². The van der Waals surface area contributed by atoms with E-state index in [1.807, 2.05) is 24.3 Å². The zero-order valence-electron chi connectivity index (χ0n) is 9.71. The van der Waals surface area contributed by atoms with Gasteiger partial charge in [0.2, 0.25) is 5.91 Å². The van der Waals surface area contributed by atoms with E-state index in [9.17, 15) is 4.79 Å². The molecule has 92 valence electrons. The van der Waals surface area contributed by atoms with Gasteiger partial charge < -0.3 is 10.6 Å².